The largest absolute Gasteiger partial charge is 0.486 e. The summed E-state index contributed by atoms with van der Waals surface area (Å²) in [4.78, 5) is 34.4. The van der Waals surface area contributed by atoms with Crippen molar-refractivity contribution in [3.05, 3.63) is 48.3 Å². The Morgan fingerprint density at radius 2 is 1.85 bits per heavy atom. The van der Waals surface area contributed by atoms with E-state index in [9.17, 15) is 9.59 Å². The minimum absolute atomic E-state index is 0.0327. The van der Waals surface area contributed by atoms with Gasteiger partial charge in [-0.15, -0.1) is 0 Å². The van der Waals surface area contributed by atoms with Crippen LogP contribution in [0.25, 0.3) is 11.0 Å². The van der Waals surface area contributed by atoms with Crippen molar-refractivity contribution in [1.82, 2.24) is 14.5 Å². The second-order valence-corrected chi connectivity index (χ2v) is 8.34. The number of carbonyl (C=O) groups is 2. The fourth-order valence-electron chi connectivity index (χ4n) is 4.71. The van der Waals surface area contributed by atoms with Crippen LogP contribution in [0.2, 0.25) is 0 Å². The number of carbonyl (C=O) groups excluding carboxylic acids is 2. The van der Waals surface area contributed by atoms with Crippen LogP contribution >= 0.6 is 0 Å². The van der Waals surface area contributed by atoms with Crippen LogP contribution in [-0.4, -0.2) is 59.1 Å². The van der Waals surface area contributed by atoms with Crippen LogP contribution in [0, 0.1) is 0 Å². The Hall–Kier alpha value is -3.55. The first kappa shape index (κ1) is 21.3. The summed E-state index contributed by atoms with van der Waals surface area (Å²) in [5, 5.41) is 0. The van der Waals surface area contributed by atoms with Crippen LogP contribution < -0.4 is 14.4 Å². The number of fused-ring (bicyclic) bond motifs is 2. The maximum absolute atomic E-state index is 13.0. The second-order valence-electron chi connectivity index (χ2n) is 8.34. The molecule has 172 valence electrons. The number of amides is 2. The second kappa shape index (κ2) is 8.77. The number of nitrogens with zero attached hydrogens (tertiary/aromatic N) is 4. The molecule has 2 aliphatic heterocycles. The molecule has 0 radical (unpaired) electrons. The molecule has 0 N–H and O–H groups in total. The van der Waals surface area contributed by atoms with Crippen LogP contribution in [0.15, 0.2) is 42.5 Å². The Morgan fingerprint density at radius 3 is 2.64 bits per heavy atom. The van der Waals surface area contributed by atoms with Crippen molar-refractivity contribution in [3.63, 3.8) is 0 Å². The smallest absolute Gasteiger partial charge is 0.242 e. The van der Waals surface area contributed by atoms with E-state index >= 15 is 0 Å². The van der Waals surface area contributed by atoms with Crippen LogP contribution in [0.3, 0.4) is 0 Å². The van der Waals surface area contributed by atoms with Gasteiger partial charge in [0.2, 0.25) is 11.8 Å². The lowest BCUT2D eigenvalue weighted by Gasteiger charge is -2.22. The summed E-state index contributed by atoms with van der Waals surface area (Å²) in [6, 6.07) is 13.4. The molecule has 1 fully saturated rings. The number of aromatic nitrogens is 2. The van der Waals surface area contributed by atoms with Gasteiger partial charge in [0.25, 0.3) is 0 Å². The van der Waals surface area contributed by atoms with Gasteiger partial charge >= 0.3 is 0 Å². The molecule has 1 aromatic heterocycles. The highest BCUT2D eigenvalue weighted by Crippen LogP contribution is 2.38. The standard InChI is InChI=1S/C25H28N4O4/c1-3-27(4-2)24(31)16-29-20-8-6-5-7-19(20)26-25(29)17-13-23(30)28(15-17)18-9-10-21-22(14-18)33-12-11-32-21/h5-10,14,17H,3-4,11-13,15-16H2,1-2H3. The van der Waals surface area contributed by atoms with E-state index in [-0.39, 0.29) is 24.3 Å². The molecule has 0 bridgehead atoms. The summed E-state index contributed by atoms with van der Waals surface area (Å²) >= 11 is 0. The molecular weight excluding hydrogens is 420 g/mol. The minimum Gasteiger partial charge on any atom is -0.486 e. The predicted molar refractivity (Wildman–Crippen MR) is 125 cm³/mol. The fourth-order valence-corrected chi connectivity index (χ4v) is 4.71. The lowest BCUT2D eigenvalue weighted by molar-refractivity contribution is -0.131. The van der Waals surface area contributed by atoms with Crippen LogP contribution in [0.5, 0.6) is 11.5 Å². The number of likely N-dealkylation sites (N-methyl/N-ethyl adjacent to an activating group) is 1. The molecule has 1 saturated heterocycles. The van der Waals surface area contributed by atoms with Crippen molar-refractivity contribution in [1.29, 1.82) is 0 Å². The van der Waals surface area contributed by atoms with Gasteiger partial charge < -0.3 is 23.8 Å². The lowest BCUT2D eigenvalue weighted by atomic mass is 10.1. The van der Waals surface area contributed by atoms with E-state index in [1.54, 1.807) is 4.90 Å². The third-order valence-electron chi connectivity index (χ3n) is 6.42. The lowest BCUT2D eigenvalue weighted by Crippen LogP contribution is -2.34. The number of hydrogen-bond donors (Lipinski definition) is 0. The van der Waals surface area contributed by atoms with E-state index in [4.69, 9.17) is 14.5 Å². The highest BCUT2D eigenvalue weighted by molar-refractivity contribution is 5.97. The molecule has 0 spiro atoms. The molecule has 33 heavy (non-hydrogen) atoms. The van der Waals surface area contributed by atoms with Crippen molar-refractivity contribution in [3.8, 4) is 11.5 Å². The number of anilines is 1. The normalized spacial score (nSPS) is 17.6. The van der Waals surface area contributed by atoms with Gasteiger partial charge in [0.15, 0.2) is 11.5 Å². The van der Waals surface area contributed by atoms with Gasteiger partial charge in [-0.25, -0.2) is 4.98 Å². The Bertz CT molecular complexity index is 1200. The van der Waals surface area contributed by atoms with Crippen LogP contribution in [0.1, 0.15) is 32.0 Å². The summed E-state index contributed by atoms with van der Waals surface area (Å²) in [6.45, 7) is 7.03. The highest BCUT2D eigenvalue weighted by atomic mass is 16.6. The zero-order valence-electron chi connectivity index (χ0n) is 19.0. The van der Waals surface area contributed by atoms with Gasteiger partial charge in [-0.3, -0.25) is 9.59 Å². The molecule has 2 aliphatic rings. The van der Waals surface area contributed by atoms with Gasteiger partial charge in [-0.05, 0) is 38.1 Å². The maximum Gasteiger partial charge on any atom is 0.242 e. The molecule has 1 unspecified atom stereocenters. The zero-order chi connectivity index (χ0) is 22.9. The van der Waals surface area contributed by atoms with Gasteiger partial charge in [0.05, 0.1) is 11.0 Å². The van der Waals surface area contributed by atoms with Gasteiger partial charge in [0, 0.05) is 43.7 Å². The Labute approximate surface area is 192 Å². The molecule has 8 nitrogen and oxygen atoms in total. The third kappa shape index (κ3) is 3.90. The van der Waals surface area contributed by atoms with E-state index in [1.807, 2.05) is 65.8 Å². The van der Waals surface area contributed by atoms with Crippen molar-refractivity contribution < 1.29 is 19.1 Å². The Balaban J connectivity index is 1.46. The zero-order valence-corrected chi connectivity index (χ0v) is 19.0. The molecule has 5 rings (SSSR count). The van der Waals surface area contributed by atoms with E-state index in [0.717, 1.165) is 22.5 Å². The van der Waals surface area contributed by atoms with Crippen LogP contribution in [-0.2, 0) is 16.1 Å². The van der Waals surface area contributed by atoms with Crippen molar-refractivity contribution >= 4 is 28.5 Å². The van der Waals surface area contributed by atoms with E-state index in [1.165, 1.54) is 0 Å². The molecule has 3 aromatic rings. The highest BCUT2D eigenvalue weighted by Gasteiger charge is 2.35. The predicted octanol–water partition coefficient (Wildman–Crippen LogP) is 3.20. The average Bonchev–Trinajstić information content (AvgIpc) is 3.40. The first-order valence-corrected chi connectivity index (χ1v) is 11.5. The third-order valence-corrected chi connectivity index (χ3v) is 6.42. The van der Waals surface area contributed by atoms with Crippen LogP contribution in [0.4, 0.5) is 5.69 Å². The SMILES string of the molecule is CCN(CC)C(=O)Cn1c(C2CC(=O)N(c3ccc4c(c3)OCCO4)C2)nc2ccccc21. The molecule has 1 atom stereocenters. The summed E-state index contributed by atoms with van der Waals surface area (Å²) in [6.07, 6.45) is 0.344. The quantitative estimate of drug-likeness (QED) is 0.579. The molecule has 3 heterocycles. The fraction of sp³-hybridized carbons (Fsp3) is 0.400. The average molecular weight is 449 g/mol. The number of rotatable bonds is 6. The first-order valence-electron chi connectivity index (χ1n) is 11.5. The number of hydrogen-bond acceptors (Lipinski definition) is 5. The number of para-hydroxylation sites is 2. The topological polar surface area (TPSA) is 76.9 Å². The van der Waals surface area contributed by atoms with Crippen molar-refractivity contribution in [2.45, 2.75) is 32.7 Å². The summed E-state index contributed by atoms with van der Waals surface area (Å²) in [5.41, 5.74) is 2.54. The van der Waals surface area contributed by atoms with Gasteiger partial charge in [0.1, 0.15) is 25.6 Å². The number of ether oxygens (including phenoxy) is 2. The maximum atomic E-state index is 13.0. The summed E-state index contributed by atoms with van der Waals surface area (Å²) in [7, 11) is 0. The number of benzene rings is 2. The van der Waals surface area contributed by atoms with E-state index in [2.05, 4.69) is 0 Å². The summed E-state index contributed by atoms with van der Waals surface area (Å²) in [5.74, 6) is 2.12. The Morgan fingerprint density at radius 1 is 1.09 bits per heavy atom. The molecule has 2 aromatic carbocycles. The van der Waals surface area contributed by atoms with Gasteiger partial charge in [-0.1, -0.05) is 12.1 Å². The molecular formula is C25H28N4O4. The first-order chi connectivity index (χ1) is 16.1. The Kier molecular flexibility index (Phi) is 5.66. The molecule has 0 saturated carbocycles. The monoisotopic (exact) mass is 448 g/mol. The van der Waals surface area contributed by atoms with Crippen molar-refractivity contribution in [2.24, 2.45) is 0 Å². The molecule has 0 aliphatic carbocycles. The molecule has 8 heteroatoms. The molecule has 2 amide bonds. The van der Waals surface area contributed by atoms with E-state index in [0.29, 0.717) is 50.8 Å². The number of imidazole rings is 1. The summed E-state index contributed by atoms with van der Waals surface area (Å²) < 4.78 is 13.3. The van der Waals surface area contributed by atoms with Gasteiger partial charge in [-0.2, -0.15) is 0 Å². The minimum atomic E-state index is -0.109. The van der Waals surface area contributed by atoms with Crippen molar-refractivity contribution in [2.75, 3.05) is 37.7 Å². The van der Waals surface area contributed by atoms with E-state index < -0.39 is 0 Å².